The van der Waals surface area contributed by atoms with Gasteiger partial charge in [-0.3, -0.25) is 0 Å². The zero-order chi connectivity index (χ0) is 25.7. The molecule has 0 spiro atoms. The third-order valence-electron chi connectivity index (χ3n) is 5.11. The van der Waals surface area contributed by atoms with E-state index in [9.17, 15) is 9.90 Å². The maximum absolute atomic E-state index is 12.0. The molecular weight excluding hydrogens is 541 g/mol. The van der Waals surface area contributed by atoms with Crippen molar-refractivity contribution < 1.29 is 14.6 Å². The second-order valence-corrected chi connectivity index (χ2v) is 9.84. The third kappa shape index (κ3) is 6.42. The number of hydrogen-bond acceptors (Lipinski definition) is 5. The summed E-state index contributed by atoms with van der Waals surface area (Å²) in [6.45, 7) is 2.85. The molecule has 3 aromatic carbocycles. The van der Waals surface area contributed by atoms with Gasteiger partial charge in [-0.15, -0.1) is 10.2 Å². The monoisotopic (exact) mass is 559 g/mol. The van der Waals surface area contributed by atoms with Crippen LogP contribution in [-0.2, 0) is 17.9 Å². The highest BCUT2D eigenvalue weighted by Gasteiger charge is 2.18. The highest BCUT2D eigenvalue weighted by atomic mass is 35.5. The van der Waals surface area contributed by atoms with Crippen LogP contribution in [0.1, 0.15) is 18.1 Å². The molecule has 36 heavy (non-hydrogen) atoms. The predicted molar refractivity (Wildman–Crippen MR) is 145 cm³/mol. The van der Waals surface area contributed by atoms with Crippen molar-refractivity contribution in [3.63, 3.8) is 0 Å². The zero-order valence-corrected chi connectivity index (χ0v) is 22.1. The quantitative estimate of drug-likeness (QED) is 0.167. The summed E-state index contributed by atoms with van der Waals surface area (Å²) >= 11 is 19.0. The first-order valence-corrected chi connectivity index (χ1v) is 12.8. The van der Waals surface area contributed by atoms with Gasteiger partial charge < -0.3 is 14.4 Å². The van der Waals surface area contributed by atoms with Crippen molar-refractivity contribution in [1.29, 1.82) is 0 Å². The van der Waals surface area contributed by atoms with Crippen molar-refractivity contribution in [2.75, 3.05) is 0 Å². The minimum Gasteiger partial charge on any atom is -0.489 e. The molecule has 0 saturated heterocycles. The Hall–Kier alpha value is -2.97. The van der Waals surface area contributed by atoms with E-state index in [1.54, 1.807) is 54.6 Å². The average molecular weight is 561 g/mol. The van der Waals surface area contributed by atoms with Crippen LogP contribution in [0.15, 0.2) is 76.8 Å². The van der Waals surface area contributed by atoms with E-state index in [1.807, 2.05) is 29.7 Å². The van der Waals surface area contributed by atoms with Gasteiger partial charge in [0, 0.05) is 17.1 Å². The number of carboxylic acids is 1. The largest absolute Gasteiger partial charge is 0.489 e. The summed E-state index contributed by atoms with van der Waals surface area (Å²) in [5.74, 6) is 0.226. The van der Waals surface area contributed by atoms with Crippen molar-refractivity contribution in [1.82, 2.24) is 14.8 Å². The molecule has 0 aliphatic carbocycles. The third-order valence-corrected chi connectivity index (χ3v) is 7.10. The van der Waals surface area contributed by atoms with Crippen molar-refractivity contribution in [3.05, 3.63) is 97.8 Å². The second-order valence-electron chi connectivity index (χ2n) is 7.58. The van der Waals surface area contributed by atoms with Crippen molar-refractivity contribution >= 4 is 58.6 Å². The summed E-state index contributed by atoms with van der Waals surface area (Å²) in [6, 6.07) is 19.7. The van der Waals surface area contributed by atoms with Gasteiger partial charge in [0.05, 0.1) is 10.0 Å². The van der Waals surface area contributed by atoms with Gasteiger partial charge in [0.15, 0.2) is 11.0 Å². The molecule has 6 nitrogen and oxygen atoms in total. The maximum Gasteiger partial charge on any atom is 0.342 e. The normalized spacial score (nSPS) is 11.5. The molecule has 0 fully saturated rings. The van der Waals surface area contributed by atoms with Gasteiger partial charge in [0.1, 0.15) is 17.3 Å². The number of aromatic nitrogens is 3. The van der Waals surface area contributed by atoms with Crippen molar-refractivity contribution in [2.45, 2.75) is 25.2 Å². The van der Waals surface area contributed by atoms with E-state index >= 15 is 0 Å². The van der Waals surface area contributed by atoms with Gasteiger partial charge in [-0.25, -0.2) is 4.79 Å². The molecule has 184 valence electrons. The van der Waals surface area contributed by atoms with E-state index in [4.69, 9.17) is 39.5 Å². The number of rotatable bonds is 9. The van der Waals surface area contributed by atoms with Crippen LogP contribution in [0.2, 0.25) is 15.1 Å². The molecular formula is C26H20Cl3N3O3S. The van der Waals surface area contributed by atoms with Gasteiger partial charge in [-0.2, -0.15) is 0 Å². The van der Waals surface area contributed by atoms with E-state index < -0.39 is 5.97 Å². The number of carboxylic acid groups (broad SMARTS) is 1. The molecule has 0 unspecified atom stereocenters. The number of carbonyl (C=O) groups is 1. The SMILES string of the molecule is CCn1c(S/C(=C\c2ccc(OCc3ccc(Cl)c(Cl)c3)cc2)C(=O)O)nnc1-c1ccc(Cl)cc1. The van der Waals surface area contributed by atoms with Crippen LogP contribution in [0.25, 0.3) is 17.5 Å². The predicted octanol–water partition coefficient (Wildman–Crippen LogP) is 7.72. The first-order valence-electron chi connectivity index (χ1n) is 10.8. The number of ether oxygens (including phenoxy) is 1. The molecule has 0 aliphatic heterocycles. The molecule has 0 bridgehead atoms. The molecule has 1 N–H and O–H groups in total. The summed E-state index contributed by atoms with van der Waals surface area (Å²) < 4.78 is 7.66. The number of hydrogen-bond donors (Lipinski definition) is 1. The van der Waals surface area contributed by atoms with E-state index in [0.717, 1.165) is 22.9 Å². The van der Waals surface area contributed by atoms with Crippen LogP contribution in [0.5, 0.6) is 5.75 Å². The number of halogens is 3. The molecule has 0 saturated carbocycles. The Labute approximate surface area is 227 Å². The average Bonchev–Trinajstić information content (AvgIpc) is 3.28. The lowest BCUT2D eigenvalue weighted by atomic mass is 10.2. The van der Waals surface area contributed by atoms with E-state index in [-0.39, 0.29) is 4.91 Å². The van der Waals surface area contributed by atoms with Crippen LogP contribution >= 0.6 is 46.6 Å². The lowest BCUT2D eigenvalue weighted by molar-refractivity contribution is -0.131. The molecule has 0 amide bonds. The second kappa shape index (κ2) is 11.8. The summed E-state index contributed by atoms with van der Waals surface area (Å²) in [4.78, 5) is 12.1. The first kappa shape index (κ1) is 26.1. The molecule has 1 heterocycles. The van der Waals surface area contributed by atoms with E-state index in [0.29, 0.717) is 50.5 Å². The number of benzene rings is 3. The molecule has 0 radical (unpaired) electrons. The van der Waals surface area contributed by atoms with Gasteiger partial charge in [-0.05, 0) is 84.4 Å². The fraction of sp³-hybridized carbons (Fsp3) is 0.115. The standard InChI is InChI=1S/C26H20Cl3N3O3S/c1-2-32-24(18-6-8-19(27)9-7-18)30-31-26(32)36-23(25(33)34)14-16-3-10-20(11-4-16)35-15-17-5-12-21(28)22(29)13-17/h3-14H,2,15H2,1H3,(H,33,34)/b23-14-. The summed E-state index contributed by atoms with van der Waals surface area (Å²) in [7, 11) is 0. The van der Waals surface area contributed by atoms with Crippen LogP contribution < -0.4 is 4.74 Å². The topological polar surface area (TPSA) is 77.2 Å². The van der Waals surface area contributed by atoms with Crippen molar-refractivity contribution in [2.24, 2.45) is 0 Å². The summed E-state index contributed by atoms with van der Waals surface area (Å²) in [5.41, 5.74) is 2.44. The van der Waals surface area contributed by atoms with Gasteiger partial charge >= 0.3 is 5.97 Å². The number of nitrogens with zero attached hydrogens (tertiary/aromatic N) is 3. The highest BCUT2D eigenvalue weighted by molar-refractivity contribution is 8.04. The Morgan fingerprint density at radius 1 is 1.00 bits per heavy atom. The lowest BCUT2D eigenvalue weighted by Crippen LogP contribution is -2.02. The molecule has 4 aromatic rings. The minimum absolute atomic E-state index is 0.115. The number of aliphatic carboxylic acids is 1. The van der Waals surface area contributed by atoms with Crippen LogP contribution in [0.3, 0.4) is 0 Å². The van der Waals surface area contributed by atoms with Crippen LogP contribution in [0.4, 0.5) is 0 Å². The summed E-state index contributed by atoms with van der Waals surface area (Å²) in [5, 5.41) is 20.4. The molecule has 10 heteroatoms. The Bertz CT molecular complexity index is 1400. The Balaban J connectivity index is 1.49. The number of thioether (sulfide) groups is 1. The van der Waals surface area contributed by atoms with Crippen LogP contribution in [-0.4, -0.2) is 25.8 Å². The Morgan fingerprint density at radius 3 is 2.36 bits per heavy atom. The van der Waals surface area contributed by atoms with E-state index in [1.165, 1.54) is 0 Å². The maximum atomic E-state index is 12.0. The Morgan fingerprint density at radius 2 is 1.72 bits per heavy atom. The van der Waals surface area contributed by atoms with E-state index in [2.05, 4.69) is 10.2 Å². The fourth-order valence-electron chi connectivity index (χ4n) is 3.30. The smallest absolute Gasteiger partial charge is 0.342 e. The highest BCUT2D eigenvalue weighted by Crippen LogP contribution is 2.31. The van der Waals surface area contributed by atoms with Gasteiger partial charge in [0.25, 0.3) is 0 Å². The minimum atomic E-state index is -1.06. The van der Waals surface area contributed by atoms with Gasteiger partial charge in [0.2, 0.25) is 0 Å². The summed E-state index contributed by atoms with van der Waals surface area (Å²) in [6.07, 6.45) is 1.59. The Kier molecular flexibility index (Phi) is 8.59. The molecule has 0 atom stereocenters. The van der Waals surface area contributed by atoms with Crippen molar-refractivity contribution in [3.8, 4) is 17.1 Å². The molecule has 4 rings (SSSR count). The fourth-order valence-corrected chi connectivity index (χ4v) is 4.64. The molecule has 1 aromatic heterocycles. The van der Waals surface area contributed by atoms with Crippen LogP contribution in [0, 0.1) is 0 Å². The first-order chi connectivity index (χ1) is 17.3. The van der Waals surface area contributed by atoms with Gasteiger partial charge in [-0.1, -0.05) is 53.0 Å². The zero-order valence-electron chi connectivity index (χ0n) is 19.0. The molecule has 0 aliphatic rings. The lowest BCUT2D eigenvalue weighted by Gasteiger charge is -2.09.